The van der Waals surface area contributed by atoms with Crippen LogP contribution in [0.3, 0.4) is 0 Å². The van der Waals surface area contributed by atoms with Gasteiger partial charge in [-0.25, -0.2) is 4.79 Å². The molecule has 0 heterocycles. The molecule has 0 aromatic carbocycles. The number of aliphatic hydroxyl groups excluding tert-OH is 2. The number of carbonyl (C=O) groups excluding carboxylic acids is 7. The van der Waals surface area contributed by atoms with Crippen molar-refractivity contribution in [2.24, 2.45) is 71.0 Å². The van der Waals surface area contributed by atoms with Crippen LogP contribution in [0.5, 0.6) is 0 Å². The highest BCUT2D eigenvalue weighted by Crippen LogP contribution is 2.54. The molecule has 0 radical (unpaired) electrons. The van der Waals surface area contributed by atoms with E-state index in [9.17, 15) is 24.0 Å². The van der Waals surface area contributed by atoms with Gasteiger partial charge in [0, 0.05) is 19.3 Å². The van der Waals surface area contributed by atoms with Crippen LogP contribution < -0.4 is 0 Å². The van der Waals surface area contributed by atoms with Gasteiger partial charge in [-0.05, 0) is 140 Å². The molecule has 14 nitrogen and oxygen atoms in total. The van der Waals surface area contributed by atoms with Crippen LogP contribution >= 0.6 is 0 Å². The molecule has 358 valence electrons. The number of aliphatic hydroxyl groups is 2. The predicted octanol–water partition coefficient (Wildman–Crippen LogP) is 6.64. The largest absolute Gasteiger partial charge is 0.466 e. The monoisotopic (exact) mass is 899 g/mol. The zero-order chi connectivity index (χ0) is 48.0. The van der Waals surface area contributed by atoms with Crippen LogP contribution in [-0.2, 0) is 57.2 Å². The summed E-state index contributed by atoms with van der Waals surface area (Å²) in [6, 6.07) is 0. The van der Waals surface area contributed by atoms with Crippen molar-refractivity contribution in [1.82, 2.24) is 0 Å². The average Bonchev–Trinajstić information content (AvgIpc) is 4.17. The molecule has 5 fully saturated rings. The van der Waals surface area contributed by atoms with Gasteiger partial charge in [0.05, 0.1) is 56.7 Å². The molecule has 0 amide bonds. The Labute approximate surface area is 380 Å². The smallest absolute Gasteiger partial charge is 0.373 e. The van der Waals surface area contributed by atoms with Crippen LogP contribution in [0.1, 0.15) is 99.3 Å². The summed E-state index contributed by atoms with van der Waals surface area (Å²) in [7, 11) is 0. The van der Waals surface area contributed by atoms with E-state index in [1.165, 1.54) is 25.3 Å². The normalized spacial score (nSPS) is 29.5. The zero-order valence-corrected chi connectivity index (χ0v) is 38.8. The number of hydrogen-bond acceptors (Lipinski definition) is 14. The number of carbonyl (C=O) groups is 5. The molecule has 0 unspecified atom stereocenters. The number of esters is 5. The third kappa shape index (κ3) is 17.3. The highest BCUT2D eigenvalue weighted by atomic mass is 16.6. The Morgan fingerprint density at radius 2 is 0.906 bits per heavy atom. The minimum absolute atomic E-state index is 0.147. The molecular formula is C50H74O14. The number of terminal acetylenes is 1. The summed E-state index contributed by atoms with van der Waals surface area (Å²) in [6.45, 7) is 13.4. The molecule has 64 heavy (non-hydrogen) atoms. The minimum atomic E-state index is -0.344. The third-order valence-electron chi connectivity index (χ3n) is 12.7. The Bertz CT molecular complexity index is 1500. The number of hydrogen-bond donors (Lipinski definition) is 2. The number of fused-ring (bicyclic) bond motifs is 6. The molecule has 0 aliphatic heterocycles. The fraction of sp³-hybridized carbons (Fsp3) is 0.680. The summed E-state index contributed by atoms with van der Waals surface area (Å²) in [5.74, 6) is 0.832. The van der Waals surface area contributed by atoms with Crippen LogP contribution in [0, 0.1) is 83.9 Å². The van der Waals surface area contributed by atoms with Crippen LogP contribution in [-0.4, -0.2) is 92.5 Å². The van der Waals surface area contributed by atoms with Crippen molar-refractivity contribution in [1.29, 1.82) is 0 Å². The van der Waals surface area contributed by atoms with Gasteiger partial charge in [0.1, 0.15) is 0 Å². The number of ether oxygens (including phenoxy) is 5. The van der Waals surface area contributed by atoms with E-state index in [1.807, 2.05) is 19.1 Å². The van der Waals surface area contributed by atoms with Gasteiger partial charge in [0.15, 0.2) is 0 Å². The first-order valence-electron chi connectivity index (χ1n) is 23.0. The molecule has 5 saturated carbocycles. The van der Waals surface area contributed by atoms with Crippen LogP contribution in [0.15, 0.2) is 48.6 Å². The van der Waals surface area contributed by atoms with Crippen molar-refractivity contribution in [3.8, 4) is 12.8 Å². The second-order valence-electron chi connectivity index (χ2n) is 16.2. The molecule has 0 aromatic heterocycles. The highest BCUT2D eigenvalue weighted by molar-refractivity contribution is 5.85. The van der Waals surface area contributed by atoms with Gasteiger partial charge >= 0.3 is 36.0 Å². The third-order valence-corrected chi connectivity index (χ3v) is 12.7. The quantitative estimate of drug-likeness (QED) is 0.0654. The lowest BCUT2D eigenvalue weighted by Crippen LogP contribution is -2.36. The summed E-state index contributed by atoms with van der Waals surface area (Å²) < 4.78 is 24.9. The van der Waals surface area contributed by atoms with E-state index >= 15 is 0 Å². The van der Waals surface area contributed by atoms with Crippen molar-refractivity contribution in [2.75, 3.05) is 46.2 Å². The standard InChI is InChI=1S/C13H20O4.C13H18O4.C9H16O2.C7H12O2.C5H6.C2H2.CO2/c2*1-3-16-12(14)10-8-5-6-9(7-8)11(10)13(15)17-4-2;10-4-8-6-1-2-7(3-6)9(8)5-11;1-3-5-6-7(8)9-4-2;1-2-4-5-3-1;1-2;2-1-3/h8-11H,3-7H2,1-2H3;5-6,8-11H,3-4,7H2,1-2H3;6-11H,1-5H2;5-6H,3-4H2,1-2H3;1-4H,5H2;1-2H;/b;;;6-5+;;;/t2*8-,9+,10-,11-;6-,7+,8-,9-;;;;/m111..../s1. The molecule has 7 rings (SSSR count). The molecule has 2 N–H and O–H groups in total. The van der Waals surface area contributed by atoms with Gasteiger partial charge in [-0.1, -0.05) is 49.5 Å². The maximum atomic E-state index is 11.9. The number of rotatable bonds is 13. The Balaban J connectivity index is 0.000000407. The van der Waals surface area contributed by atoms with Gasteiger partial charge in [-0.2, -0.15) is 9.59 Å². The van der Waals surface area contributed by atoms with E-state index in [-0.39, 0.29) is 84.7 Å². The fourth-order valence-electron chi connectivity index (χ4n) is 10.3. The molecule has 0 aromatic rings. The van der Waals surface area contributed by atoms with Crippen molar-refractivity contribution >= 4 is 36.0 Å². The Kier molecular flexibility index (Phi) is 29.3. The van der Waals surface area contributed by atoms with Gasteiger partial charge in [-0.3, -0.25) is 19.2 Å². The lowest BCUT2D eigenvalue weighted by molar-refractivity contribution is -0.192. The average molecular weight is 899 g/mol. The maximum absolute atomic E-state index is 11.9. The summed E-state index contributed by atoms with van der Waals surface area (Å²) in [5.41, 5.74) is 0. The minimum Gasteiger partial charge on any atom is -0.466 e. The van der Waals surface area contributed by atoms with Gasteiger partial charge in [0.25, 0.3) is 0 Å². The van der Waals surface area contributed by atoms with E-state index < -0.39 is 0 Å². The topological polar surface area (TPSA) is 206 Å². The first kappa shape index (κ1) is 57.2. The molecule has 12 atom stereocenters. The Morgan fingerprint density at radius 1 is 0.562 bits per heavy atom. The maximum Gasteiger partial charge on any atom is 0.373 e. The van der Waals surface area contributed by atoms with Crippen molar-refractivity contribution in [3.63, 3.8) is 0 Å². The van der Waals surface area contributed by atoms with E-state index in [4.69, 9.17) is 38.7 Å². The zero-order valence-electron chi connectivity index (χ0n) is 38.8. The lowest BCUT2D eigenvalue weighted by atomic mass is 9.79. The van der Waals surface area contributed by atoms with Crippen LogP contribution in [0.2, 0.25) is 0 Å². The summed E-state index contributed by atoms with van der Waals surface area (Å²) in [6.07, 6.45) is 33.7. The molecule has 7 aliphatic rings. The van der Waals surface area contributed by atoms with Gasteiger partial charge in [0.2, 0.25) is 0 Å². The molecule has 0 saturated heterocycles. The predicted molar refractivity (Wildman–Crippen MR) is 238 cm³/mol. The van der Waals surface area contributed by atoms with Crippen molar-refractivity contribution in [3.05, 3.63) is 48.6 Å². The first-order chi connectivity index (χ1) is 31.0. The Morgan fingerprint density at radius 3 is 1.22 bits per heavy atom. The fourth-order valence-corrected chi connectivity index (χ4v) is 10.3. The van der Waals surface area contributed by atoms with Crippen LogP contribution in [0.4, 0.5) is 0 Å². The second-order valence-corrected chi connectivity index (χ2v) is 16.2. The van der Waals surface area contributed by atoms with Gasteiger partial charge < -0.3 is 33.9 Å². The summed E-state index contributed by atoms with van der Waals surface area (Å²) in [4.78, 5) is 74.4. The Hall–Kier alpha value is -4.83. The molecule has 7 aliphatic carbocycles. The van der Waals surface area contributed by atoms with Crippen molar-refractivity contribution in [2.45, 2.75) is 99.3 Å². The second kappa shape index (κ2) is 32.8. The molecular weight excluding hydrogens is 825 g/mol. The molecule has 0 spiro atoms. The first-order valence-corrected chi connectivity index (χ1v) is 23.0. The highest BCUT2D eigenvalue weighted by Gasteiger charge is 2.55. The van der Waals surface area contributed by atoms with E-state index in [1.54, 1.807) is 40.7 Å². The lowest BCUT2D eigenvalue weighted by Gasteiger charge is -2.27. The van der Waals surface area contributed by atoms with Gasteiger partial charge in [-0.15, -0.1) is 12.8 Å². The van der Waals surface area contributed by atoms with Crippen molar-refractivity contribution < 1.29 is 67.5 Å². The molecule has 14 heteroatoms. The van der Waals surface area contributed by atoms with E-state index in [0.29, 0.717) is 56.7 Å². The number of allylic oxidation sites excluding steroid dienone is 7. The van der Waals surface area contributed by atoms with E-state index in [0.717, 1.165) is 50.4 Å². The molecule has 6 bridgehead atoms. The van der Waals surface area contributed by atoms with Crippen LogP contribution in [0.25, 0.3) is 0 Å². The summed E-state index contributed by atoms with van der Waals surface area (Å²) >= 11 is 0. The SMILES string of the molecule is C#C.C1=CCC=C1.CC/C=C/C(=O)OCC.CCOC(=O)[C@@H]1[C@@H]2CC[C@@H](C2)[C@H]1C(=O)OCC.CCOC(=O)[C@H]1[C@H](C(=O)OCC)[C@H]2C=C[C@@H]1C2.O=C=O.OC[C@@H]1[C@@H]2CC[C@@H](C2)[C@H]1CO. The van der Waals surface area contributed by atoms with E-state index in [2.05, 4.69) is 41.9 Å². The summed E-state index contributed by atoms with van der Waals surface area (Å²) in [5, 5.41) is 18.2.